The second-order valence-corrected chi connectivity index (χ2v) is 5.38. The number of halogens is 2. The lowest BCUT2D eigenvalue weighted by molar-refractivity contribution is 0.668. The summed E-state index contributed by atoms with van der Waals surface area (Å²) in [5.41, 5.74) is 1.89. The van der Waals surface area contributed by atoms with Crippen molar-refractivity contribution < 1.29 is 4.42 Å². The van der Waals surface area contributed by atoms with Gasteiger partial charge >= 0.3 is 0 Å². The van der Waals surface area contributed by atoms with E-state index in [1.54, 1.807) is 0 Å². The zero-order valence-electron chi connectivity index (χ0n) is 7.63. The third-order valence-electron chi connectivity index (χ3n) is 2.42. The van der Waals surface area contributed by atoms with E-state index in [4.69, 9.17) is 4.42 Å². The second kappa shape index (κ2) is 3.49. The van der Waals surface area contributed by atoms with Crippen LogP contribution in [0.5, 0.6) is 0 Å². The second-order valence-electron chi connectivity index (χ2n) is 3.36. The Hall–Kier alpha value is -0.550. The molecule has 1 nitrogen and oxygen atoms in total. The van der Waals surface area contributed by atoms with E-state index < -0.39 is 0 Å². The molecule has 0 atom stereocenters. The molecule has 0 amide bonds. The van der Waals surface area contributed by atoms with Crippen molar-refractivity contribution in [2.24, 2.45) is 0 Å². The molecule has 2 aromatic carbocycles. The van der Waals surface area contributed by atoms with Crippen LogP contribution < -0.4 is 0 Å². The minimum Gasteiger partial charge on any atom is -0.456 e. The number of fused-ring (bicyclic) bond motifs is 3. The van der Waals surface area contributed by atoms with E-state index in [1.165, 1.54) is 8.96 Å². The molecule has 0 aliphatic heterocycles. The lowest BCUT2D eigenvalue weighted by Crippen LogP contribution is -1.73. The molecule has 15 heavy (non-hydrogen) atoms. The van der Waals surface area contributed by atoms with Gasteiger partial charge in [-0.05, 0) is 56.7 Å². The standard InChI is InChI=1S/C12H6BrIO/c13-9-5-8-7-3-1-2-4-11(7)15-12(8)6-10(9)14/h1-6H. The monoisotopic (exact) mass is 372 g/mol. The van der Waals surface area contributed by atoms with Crippen LogP contribution in [0.2, 0.25) is 0 Å². The minimum atomic E-state index is 0.946. The molecule has 0 aliphatic rings. The zero-order chi connectivity index (χ0) is 10.4. The van der Waals surface area contributed by atoms with E-state index in [-0.39, 0.29) is 0 Å². The molecule has 3 heteroatoms. The average molecular weight is 373 g/mol. The molecule has 0 N–H and O–H groups in total. The quantitative estimate of drug-likeness (QED) is 0.509. The highest BCUT2D eigenvalue weighted by Gasteiger charge is 2.08. The van der Waals surface area contributed by atoms with Gasteiger partial charge in [0.15, 0.2) is 0 Å². The van der Waals surface area contributed by atoms with Gasteiger partial charge in [0.2, 0.25) is 0 Å². The first kappa shape index (κ1) is 9.66. The van der Waals surface area contributed by atoms with Crippen molar-refractivity contribution in [3.05, 3.63) is 44.4 Å². The molecule has 3 aromatic rings. The first-order chi connectivity index (χ1) is 7.25. The summed E-state index contributed by atoms with van der Waals surface area (Å²) in [5, 5.41) is 2.34. The molecule has 0 aliphatic carbocycles. The number of benzene rings is 2. The fraction of sp³-hybridized carbons (Fsp3) is 0. The van der Waals surface area contributed by atoms with E-state index in [1.807, 2.05) is 18.2 Å². The number of hydrogen-bond acceptors (Lipinski definition) is 1. The predicted octanol–water partition coefficient (Wildman–Crippen LogP) is 4.95. The van der Waals surface area contributed by atoms with E-state index in [9.17, 15) is 0 Å². The molecule has 0 unspecified atom stereocenters. The van der Waals surface area contributed by atoms with Gasteiger partial charge in [0, 0.05) is 18.8 Å². The van der Waals surface area contributed by atoms with Crippen molar-refractivity contribution in [1.82, 2.24) is 0 Å². The SMILES string of the molecule is Brc1cc2c(cc1I)oc1ccccc12. The summed E-state index contributed by atoms with van der Waals surface area (Å²) < 4.78 is 8.04. The number of furan rings is 1. The first-order valence-electron chi connectivity index (χ1n) is 4.52. The van der Waals surface area contributed by atoms with Gasteiger partial charge in [0.25, 0.3) is 0 Å². The van der Waals surface area contributed by atoms with E-state index >= 15 is 0 Å². The molecule has 0 saturated carbocycles. The topological polar surface area (TPSA) is 13.1 Å². The van der Waals surface area contributed by atoms with Crippen LogP contribution in [-0.2, 0) is 0 Å². The highest BCUT2D eigenvalue weighted by atomic mass is 127. The highest BCUT2D eigenvalue weighted by molar-refractivity contribution is 14.1. The molecule has 3 rings (SSSR count). The van der Waals surface area contributed by atoms with Crippen molar-refractivity contribution in [2.45, 2.75) is 0 Å². The molecule has 0 saturated heterocycles. The van der Waals surface area contributed by atoms with Crippen molar-refractivity contribution in [3.63, 3.8) is 0 Å². The van der Waals surface area contributed by atoms with Crippen LogP contribution in [0.3, 0.4) is 0 Å². The third kappa shape index (κ3) is 1.49. The average Bonchev–Trinajstić information content (AvgIpc) is 2.57. The van der Waals surface area contributed by atoms with Gasteiger partial charge in [-0.3, -0.25) is 0 Å². The van der Waals surface area contributed by atoms with Crippen LogP contribution in [0.4, 0.5) is 0 Å². The highest BCUT2D eigenvalue weighted by Crippen LogP contribution is 2.33. The molecule has 0 radical (unpaired) electrons. The summed E-state index contributed by atoms with van der Waals surface area (Å²) in [4.78, 5) is 0. The van der Waals surface area contributed by atoms with E-state index in [2.05, 4.69) is 56.7 Å². The van der Waals surface area contributed by atoms with Crippen molar-refractivity contribution in [1.29, 1.82) is 0 Å². The van der Waals surface area contributed by atoms with Gasteiger partial charge in [-0.2, -0.15) is 0 Å². The summed E-state index contributed by atoms with van der Waals surface area (Å²) in [6.45, 7) is 0. The maximum absolute atomic E-state index is 5.76. The molecule has 1 aromatic heterocycles. The largest absolute Gasteiger partial charge is 0.456 e. The Morgan fingerprint density at radius 2 is 1.80 bits per heavy atom. The smallest absolute Gasteiger partial charge is 0.136 e. The Morgan fingerprint density at radius 1 is 1.00 bits per heavy atom. The Balaban J connectivity index is 2.56. The Bertz CT molecular complexity index is 657. The Labute approximate surface area is 109 Å². The maximum atomic E-state index is 5.76. The van der Waals surface area contributed by atoms with Gasteiger partial charge in [-0.1, -0.05) is 18.2 Å². The lowest BCUT2D eigenvalue weighted by atomic mass is 10.2. The Morgan fingerprint density at radius 3 is 2.67 bits per heavy atom. The third-order valence-corrected chi connectivity index (χ3v) is 4.71. The molecule has 0 spiro atoms. The summed E-state index contributed by atoms with van der Waals surface area (Å²) in [5.74, 6) is 0. The first-order valence-corrected chi connectivity index (χ1v) is 6.39. The van der Waals surface area contributed by atoms with Crippen LogP contribution in [-0.4, -0.2) is 0 Å². The van der Waals surface area contributed by atoms with Gasteiger partial charge in [-0.25, -0.2) is 0 Å². The number of para-hydroxylation sites is 1. The van der Waals surface area contributed by atoms with Crippen molar-refractivity contribution in [3.8, 4) is 0 Å². The molecular weight excluding hydrogens is 367 g/mol. The van der Waals surface area contributed by atoms with Crippen molar-refractivity contribution >= 4 is 60.5 Å². The van der Waals surface area contributed by atoms with Gasteiger partial charge in [0.1, 0.15) is 11.2 Å². The fourth-order valence-corrected chi connectivity index (χ4v) is 2.50. The van der Waals surface area contributed by atoms with E-state index in [0.717, 1.165) is 21.0 Å². The van der Waals surface area contributed by atoms with E-state index in [0.29, 0.717) is 0 Å². The number of rotatable bonds is 0. The fourth-order valence-electron chi connectivity index (χ4n) is 1.72. The van der Waals surface area contributed by atoms with Crippen LogP contribution in [0, 0.1) is 3.57 Å². The van der Waals surface area contributed by atoms with Crippen molar-refractivity contribution in [2.75, 3.05) is 0 Å². The normalized spacial score (nSPS) is 11.3. The van der Waals surface area contributed by atoms with Crippen LogP contribution in [0.15, 0.2) is 45.3 Å². The summed E-state index contributed by atoms with van der Waals surface area (Å²) in [6.07, 6.45) is 0. The van der Waals surface area contributed by atoms with Gasteiger partial charge in [-0.15, -0.1) is 0 Å². The maximum Gasteiger partial charge on any atom is 0.136 e. The summed E-state index contributed by atoms with van der Waals surface area (Å²) in [7, 11) is 0. The molecule has 1 heterocycles. The van der Waals surface area contributed by atoms with Crippen LogP contribution in [0.25, 0.3) is 21.9 Å². The lowest BCUT2D eigenvalue weighted by Gasteiger charge is -1.94. The van der Waals surface area contributed by atoms with Crippen LogP contribution in [0.1, 0.15) is 0 Å². The number of hydrogen-bond donors (Lipinski definition) is 0. The molecule has 0 bridgehead atoms. The predicted molar refractivity (Wildman–Crippen MR) is 74.1 cm³/mol. The molecule has 74 valence electrons. The van der Waals surface area contributed by atoms with Gasteiger partial charge < -0.3 is 4.42 Å². The summed E-state index contributed by atoms with van der Waals surface area (Å²) >= 11 is 5.83. The molecular formula is C12H6BrIO. The van der Waals surface area contributed by atoms with Crippen LogP contribution >= 0.6 is 38.5 Å². The summed E-state index contributed by atoms with van der Waals surface area (Å²) in [6, 6.07) is 12.3. The molecule has 0 fully saturated rings. The zero-order valence-corrected chi connectivity index (χ0v) is 11.4. The Kier molecular flexibility index (Phi) is 2.25. The minimum absolute atomic E-state index is 0.946. The van der Waals surface area contributed by atoms with Gasteiger partial charge in [0.05, 0.1) is 0 Å².